The number of amides is 2. The van der Waals surface area contributed by atoms with Gasteiger partial charge in [0, 0.05) is 13.5 Å². The molecule has 0 radical (unpaired) electrons. The molecule has 5 heteroatoms. The van der Waals surface area contributed by atoms with Crippen LogP contribution < -0.4 is 11.5 Å². The molecule has 0 saturated carbocycles. The Bertz CT molecular complexity index is 194. The molecule has 0 spiro atoms. The minimum Gasteiger partial charge on any atom is -0.368 e. The molecule has 0 saturated heterocycles. The number of nitrogens with zero attached hydrogens (tertiary/aromatic N) is 1. The first-order chi connectivity index (χ1) is 6.57. The van der Waals surface area contributed by atoms with Crippen LogP contribution in [0.1, 0.15) is 25.7 Å². The fourth-order valence-electron chi connectivity index (χ4n) is 1.11. The smallest absolute Gasteiger partial charge is 0.237 e. The van der Waals surface area contributed by atoms with Crippen LogP contribution in [0.15, 0.2) is 0 Å². The molecule has 0 fully saturated rings. The van der Waals surface area contributed by atoms with Crippen LogP contribution in [0.2, 0.25) is 0 Å². The van der Waals surface area contributed by atoms with Crippen LogP contribution in [0.25, 0.3) is 0 Å². The van der Waals surface area contributed by atoms with Gasteiger partial charge >= 0.3 is 0 Å². The summed E-state index contributed by atoms with van der Waals surface area (Å²) < 4.78 is 0. The number of rotatable bonds is 7. The molecule has 14 heavy (non-hydrogen) atoms. The van der Waals surface area contributed by atoms with Crippen molar-refractivity contribution in [2.24, 2.45) is 11.5 Å². The molecule has 0 heterocycles. The first-order valence-electron chi connectivity index (χ1n) is 4.80. The predicted molar refractivity (Wildman–Crippen MR) is 54.4 cm³/mol. The number of carbonyl (C=O) groups excluding carboxylic acids is 2. The summed E-state index contributed by atoms with van der Waals surface area (Å²) in [6.45, 7) is 0.654. The van der Waals surface area contributed by atoms with Gasteiger partial charge < -0.3 is 16.4 Å². The molecular weight excluding hydrogens is 182 g/mol. The van der Waals surface area contributed by atoms with E-state index in [0.717, 1.165) is 19.3 Å². The molecule has 82 valence electrons. The highest BCUT2D eigenvalue weighted by Gasteiger charge is 2.09. The second-order valence-electron chi connectivity index (χ2n) is 3.32. The highest BCUT2D eigenvalue weighted by molar-refractivity contribution is 5.83. The standard InChI is InChI=1S/C9H19N3O2/c1-12(7-8(11)13)9(14)5-3-2-4-6-10/h2-7,10H2,1H3,(H2,11,13). The summed E-state index contributed by atoms with van der Waals surface area (Å²) >= 11 is 0. The molecular formula is C9H19N3O2. The summed E-state index contributed by atoms with van der Waals surface area (Å²) in [7, 11) is 1.58. The summed E-state index contributed by atoms with van der Waals surface area (Å²) in [5, 5.41) is 0. The van der Waals surface area contributed by atoms with E-state index >= 15 is 0 Å². The van der Waals surface area contributed by atoms with Crippen LogP contribution >= 0.6 is 0 Å². The topological polar surface area (TPSA) is 89.4 Å². The first kappa shape index (κ1) is 12.9. The zero-order chi connectivity index (χ0) is 11.0. The molecule has 5 nitrogen and oxygen atoms in total. The lowest BCUT2D eigenvalue weighted by atomic mass is 10.2. The average Bonchev–Trinajstić information content (AvgIpc) is 2.11. The summed E-state index contributed by atoms with van der Waals surface area (Å²) in [6.07, 6.45) is 3.17. The highest BCUT2D eigenvalue weighted by Crippen LogP contribution is 2.01. The summed E-state index contributed by atoms with van der Waals surface area (Å²) in [5.41, 5.74) is 10.3. The zero-order valence-corrected chi connectivity index (χ0v) is 8.66. The third-order valence-electron chi connectivity index (χ3n) is 1.91. The molecule has 0 aromatic heterocycles. The molecule has 4 N–H and O–H groups in total. The lowest BCUT2D eigenvalue weighted by Crippen LogP contribution is -2.35. The van der Waals surface area contributed by atoms with E-state index in [2.05, 4.69) is 0 Å². The predicted octanol–water partition coefficient (Wildman–Crippen LogP) is -0.551. The van der Waals surface area contributed by atoms with Gasteiger partial charge in [-0.05, 0) is 19.4 Å². The van der Waals surface area contributed by atoms with Crippen molar-refractivity contribution in [3.8, 4) is 0 Å². The van der Waals surface area contributed by atoms with Gasteiger partial charge in [0.25, 0.3) is 0 Å². The molecule has 0 bridgehead atoms. The number of unbranched alkanes of at least 4 members (excludes halogenated alkanes) is 2. The number of hydrogen-bond donors (Lipinski definition) is 2. The largest absolute Gasteiger partial charge is 0.368 e. The fourth-order valence-corrected chi connectivity index (χ4v) is 1.11. The van der Waals surface area contributed by atoms with Crippen LogP contribution in [-0.4, -0.2) is 36.9 Å². The van der Waals surface area contributed by atoms with E-state index in [9.17, 15) is 9.59 Å². The molecule has 0 aliphatic carbocycles. The maximum Gasteiger partial charge on any atom is 0.237 e. The molecule has 0 aliphatic heterocycles. The van der Waals surface area contributed by atoms with Crippen LogP contribution in [0.3, 0.4) is 0 Å². The van der Waals surface area contributed by atoms with Gasteiger partial charge in [0.05, 0.1) is 6.54 Å². The van der Waals surface area contributed by atoms with Gasteiger partial charge in [-0.1, -0.05) is 6.42 Å². The van der Waals surface area contributed by atoms with Gasteiger partial charge in [0.15, 0.2) is 0 Å². The van der Waals surface area contributed by atoms with E-state index in [1.165, 1.54) is 4.90 Å². The number of likely N-dealkylation sites (N-methyl/N-ethyl adjacent to an activating group) is 1. The van der Waals surface area contributed by atoms with Crippen molar-refractivity contribution in [3.63, 3.8) is 0 Å². The number of nitrogens with two attached hydrogens (primary N) is 2. The van der Waals surface area contributed by atoms with Crippen molar-refractivity contribution in [3.05, 3.63) is 0 Å². The van der Waals surface area contributed by atoms with Gasteiger partial charge in [0.2, 0.25) is 11.8 Å². The lowest BCUT2D eigenvalue weighted by molar-refractivity contribution is -0.133. The number of carbonyl (C=O) groups is 2. The Labute approximate surface area is 84.4 Å². The van der Waals surface area contributed by atoms with Crippen molar-refractivity contribution >= 4 is 11.8 Å². The van der Waals surface area contributed by atoms with Crippen LogP contribution in [0.4, 0.5) is 0 Å². The normalized spacial score (nSPS) is 9.86. The Morgan fingerprint density at radius 1 is 1.21 bits per heavy atom. The monoisotopic (exact) mass is 201 g/mol. The number of primary amides is 1. The Kier molecular flexibility index (Phi) is 6.74. The van der Waals surface area contributed by atoms with E-state index in [0.29, 0.717) is 13.0 Å². The van der Waals surface area contributed by atoms with Crippen LogP contribution in [0.5, 0.6) is 0 Å². The Morgan fingerprint density at radius 3 is 2.36 bits per heavy atom. The van der Waals surface area contributed by atoms with Gasteiger partial charge in [-0.3, -0.25) is 9.59 Å². The second kappa shape index (κ2) is 7.32. The summed E-state index contributed by atoms with van der Waals surface area (Å²) in [4.78, 5) is 23.2. The first-order valence-corrected chi connectivity index (χ1v) is 4.80. The molecule has 0 aromatic rings. The second-order valence-corrected chi connectivity index (χ2v) is 3.32. The Balaban J connectivity index is 3.57. The summed E-state index contributed by atoms with van der Waals surface area (Å²) in [6, 6.07) is 0. The van der Waals surface area contributed by atoms with Gasteiger partial charge in [-0.15, -0.1) is 0 Å². The van der Waals surface area contributed by atoms with E-state index in [1.54, 1.807) is 7.05 Å². The molecule has 2 amide bonds. The van der Waals surface area contributed by atoms with Crippen molar-refractivity contribution < 1.29 is 9.59 Å². The minimum absolute atomic E-state index is 0.00424. The SMILES string of the molecule is CN(CC(N)=O)C(=O)CCCCCN. The fraction of sp³-hybridized carbons (Fsp3) is 0.778. The zero-order valence-electron chi connectivity index (χ0n) is 8.66. The molecule has 0 aliphatic rings. The van der Waals surface area contributed by atoms with E-state index in [1.807, 2.05) is 0 Å². The summed E-state index contributed by atoms with van der Waals surface area (Å²) in [5.74, 6) is -0.524. The molecule has 0 rings (SSSR count). The quantitative estimate of drug-likeness (QED) is 0.541. The van der Waals surface area contributed by atoms with E-state index in [4.69, 9.17) is 11.5 Å². The van der Waals surface area contributed by atoms with Crippen molar-refractivity contribution in [1.82, 2.24) is 4.90 Å². The van der Waals surface area contributed by atoms with E-state index in [-0.39, 0.29) is 12.5 Å². The van der Waals surface area contributed by atoms with Gasteiger partial charge in [-0.2, -0.15) is 0 Å². The maximum absolute atomic E-state index is 11.3. The maximum atomic E-state index is 11.3. The average molecular weight is 201 g/mol. The Morgan fingerprint density at radius 2 is 1.86 bits per heavy atom. The van der Waals surface area contributed by atoms with Crippen molar-refractivity contribution in [1.29, 1.82) is 0 Å². The third kappa shape index (κ3) is 6.42. The highest BCUT2D eigenvalue weighted by atomic mass is 16.2. The molecule has 0 aromatic carbocycles. The van der Waals surface area contributed by atoms with Crippen molar-refractivity contribution in [2.45, 2.75) is 25.7 Å². The van der Waals surface area contributed by atoms with Gasteiger partial charge in [0.1, 0.15) is 0 Å². The minimum atomic E-state index is -0.484. The molecule has 0 unspecified atom stereocenters. The molecule has 0 atom stereocenters. The number of hydrogen-bond acceptors (Lipinski definition) is 3. The van der Waals surface area contributed by atoms with Crippen LogP contribution in [0, 0.1) is 0 Å². The van der Waals surface area contributed by atoms with Crippen LogP contribution in [-0.2, 0) is 9.59 Å². The lowest BCUT2D eigenvalue weighted by Gasteiger charge is -2.14. The van der Waals surface area contributed by atoms with E-state index < -0.39 is 5.91 Å². The third-order valence-corrected chi connectivity index (χ3v) is 1.91. The van der Waals surface area contributed by atoms with Crippen molar-refractivity contribution in [2.75, 3.05) is 20.1 Å². The van der Waals surface area contributed by atoms with Gasteiger partial charge in [-0.25, -0.2) is 0 Å². The Hall–Kier alpha value is -1.10.